The molecule has 184 valence electrons. The van der Waals surface area contributed by atoms with E-state index >= 15 is 0 Å². The van der Waals surface area contributed by atoms with Crippen molar-refractivity contribution in [3.8, 4) is 0 Å². The number of aromatic nitrogens is 5. The van der Waals surface area contributed by atoms with Crippen LogP contribution in [0.3, 0.4) is 0 Å². The molecule has 3 aromatic heterocycles. The quantitative estimate of drug-likeness (QED) is 0.336. The number of nitrogens with one attached hydrogen (secondary N) is 1. The van der Waals surface area contributed by atoms with Crippen molar-refractivity contribution in [3.05, 3.63) is 111 Å². The summed E-state index contributed by atoms with van der Waals surface area (Å²) in [6, 6.07) is 18.4. The average molecular weight is 483 g/mol. The zero-order valence-electron chi connectivity index (χ0n) is 20.9. The van der Waals surface area contributed by atoms with Crippen molar-refractivity contribution in [3.63, 3.8) is 0 Å². The summed E-state index contributed by atoms with van der Waals surface area (Å²) in [5, 5.41) is 13.4. The van der Waals surface area contributed by atoms with E-state index in [1.807, 2.05) is 25.1 Å². The van der Waals surface area contributed by atoms with Crippen molar-refractivity contribution in [1.82, 2.24) is 30.1 Å². The normalized spacial score (nSPS) is 11.6. The molecule has 0 fully saturated rings. The molecule has 5 aromatic rings. The molecule has 0 saturated carbocycles. The number of tetrazole rings is 1. The number of aromatic amines is 1. The number of rotatable bonds is 9. The van der Waals surface area contributed by atoms with Gasteiger partial charge >= 0.3 is 0 Å². The molecule has 8 nitrogen and oxygen atoms in total. The Labute approximate surface area is 209 Å². The standard InChI is InChI=1S/C28H30N6O2/c1-19-13-21(3)27-23(14-19)15-24(28(35)29-27)16-33(11-10-22-8-5-4-7-20(22)2)18-26-30-31-32-34(26)17-25-9-6-12-36-25/h4-9,12-15H,10-11,16-18H2,1-3H3,(H,29,35). The smallest absolute Gasteiger partial charge is 0.252 e. The zero-order chi connectivity index (χ0) is 25.1. The van der Waals surface area contributed by atoms with E-state index in [0.29, 0.717) is 19.6 Å². The van der Waals surface area contributed by atoms with E-state index in [-0.39, 0.29) is 5.56 Å². The van der Waals surface area contributed by atoms with Crippen LogP contribution < -0.4 is 5.56 Å². The molecule has 0 atom stereocenters. The van der Waals surface area contributed by atoms with Gasteiger partial charge in [0.05, 0.1) is 18.3 Å². The highest BCUT2D eigenvalue weighted by Gasteiger charge is 2.17. The van der Waals surface area contributed by atoms with E-state index in [1.165, 1.54) is 16.7 Å². The summed E-state index contributed by atoms with van der Waals surface area (Å²) >= 11 is 0. The first-order chi connectivity index (χ1) is 17.5. The highest BCUT2D eigenvalue weighted by molar-refractivity contribution is 5.82. The lowest BCUT2D eigenvalue weighted by molar-refractivity contribution is 0.247. The van der Waals surface area contributed by atoms with Gasteiger partial charge in [-0.3, -0.25) is 9.69 Å². The zero-order valence-corrected chi connectivity index (χ0v) is 20.9. The number of benzene rings is 2. The van der Waals surface area contributed by atoms with Crippen LogP contribution in [-0.2, 0) is 26.1 Å². The fourth-order valence-corrected chi connectivity index (χ4v) is 4.68. The average Bonchev–Trinajstić information content (AvgIpc) is 3.52. The summed E-state index contributed by atoms with van der Waals surface area (Å²) in [6.45, 7) is 8.42. The van der Waals surface area contributed by atoms with Crippen molar-refractivity contribution >= 4 is 10.9 Å². The predicted octanol–water partition coefficient (Wildman–Crippen LogP) is 4.33. The lowest BCUT2D eigenvalue weighted by atomic mass is 10.0. The van der Waals surface area contributed by atoms with Crippen LogP contribution in [0.5, 0.6) is 0 Å². The molecule has 1 N–H and O–H groups in total. The number of hydrogen-bond donors (Lipinski definition) is 1. The predicted molar refractivity (Wildman–Crippen MR) is 139 cm³/mol. The molecule has 2 aromatic carbocycles. The minimum absolute atomic E-state index is 0.0643. The summed E-state index contributed by atoms with van der Waals surface area (Å²) in [6.07, 6.45) is 2.50. The lowest BCUT2D eigenvalue weighted by Crippen LogP contribution is -2.30. The van der Waals surface area contributed by atoms with Crippen LogP contribution >= 0.6 is 0 Å². The van der Waals surface area contributed by atoms with Crippen LogP contribution in [-0.4, -0.2) is 36.6 Å². The van der Waals surface area contributed by atoms with Gasteiger partial charge < -0.3 is 9.40 Å². The largest absolute Gasteiger partial charge is 0.467 e. The van der Waals surface area contributed by atoms with Gasteiger partial charge in [0.1, 0.15) is 12.3 Å². The van der Waals surface area contributed by atoms with Crippen molar-refractivity contribution in [2.75, 3.05) is 6.54 Å². The molecule has 0 bridgehead atoms. The summed E-state index contributed by atoms with van der Waals surface area (Å²) in [5.74, 6) is 1.51. The van der Waals surface area contributed by atoms with Gasteiger partial charge in [0, 0.05) is 18.7 Å². The van der Waals surface area contributed by atoms with E-state index in [2.05, 4.69) is 75.7 Å². The number of pyridine rings is 1. The molecule has 0 aliphatic carbocycles. The fraction of sp³-hybridized carbons (Fsp3) is 0.286. The monoisotopic (exact) mass is 482 g/mol. The Morgan fingerprint density at radius 1 is 0.972 bits per heavy atom. The van der Waals surface area contributed by atoms with E-state index in [1.54, 1.807) is 10.9 Å². The molecular weight excluding hydrogens is 452 g/mol. The maximum atomic E-state index is 13.1. The van der Waals surface area contributed by atoms with Crippen molar-refractivity contribution in [1.29, 1.82) is 0 Å². The Kier molecular flexibility index (Phi) is 6.77. The van der Waals surface area contributed by atoms with Gasteiger partial charge in [0.25, 0.3) is 5.56 Å². The summed E-state index contributed by atoms with van der Waals surface area (Å²) in [4.78, 5) is 18.4. The second-order valence-electron chi connectivity index (χ2n) is 9.39. The number of furan rings is 1. The lowest BCUT2D eigenvalue weighted by Gasteiger charge is -2.22. The fourth-order valence-electron chi connectivity index (χ4n) is 4.68. The van der Waals surface area contributed by atoms with E-state index in [0.717, 1.165) is 46.6 Å². The first-order valence-corrected chi connectivity index (χ1v) is 12.1. The topological polar surface area (TPSA) is 92.8 Å². The van der Waals surface area contributed by atoms with Gasteiger partial charge in [-0.25, -0.2) is 4.68 Å². The third-order valence-corrected chi connectivity index (χ3v) is 6.58. The summed E-state index contributed by atoms with van der Waals surface area (Å²) in [7, 11) is 0. The van der Waals surface area contributed by atoms with Crippen LogP contribution in [0.4, 0.5) is 0 Å². The Bertz CT molecular complexity index is 1530. The molecule has 8 heteroatoms. The van der Waals surface area contributed by atoms with E-state index in [4.69, 9.17) is 4.42 Å². The molecule has 3 heterocycles. The number of hydrogen-bond acceptors (Lipinski definition) is 6. The number of fused-ring (bicyclic) bond motifs is 1. The van der Waals surface area contributed by atoms with Crippen LogP contribution in [0.25, 0.3) is 10.9 Å². The Balaban J connectivity index is 1.43. The van der Waals surface area contributed by atoms with Gasteiger partial charge in [-0.2, -0.15) is 0 Å². The number of H-pyrrole nitrogens is 1. The van der Waals surface area contributed by atoms with Crippen molar-refractivity contribution in [2.45, 2.75) is 46.8 Å². The molecule has 0 aliphatic rings. The molecule has 36 heavy (non-hydrogen) atoms. The highest BCUT2D eigenvalue weighted by Crippen LogP contribution is 2.19. The molecule has 0 aliphatic heterocycles. The maximum Gasteiger partial charge on any atom is 0.252 e. The third-order valence-electron chi connectivity index (χ3n) is 6.58. The Hall–Kier alpha value is -4.04. The molecule has 0 amide bonds. The number of nitrogens with zero attached hydrogens (tertiary/aromatic N) is 5. The van der Waals surface area contributed by atoms with E-state index in [9.17, 15) is 4.79 Å². The maximum absolute atomic E-state index is 13.1. The van der Waals surface area contributed by atoms with Crippen LogP contribution in [0.1, 0.15) is 39.4 Å². The number of aryl methyl sites for hydroxylation is 3. The molecular formula is C28H30N6O2. The molecule has 5 rings (SSSR count). The Morgan fingerprint density at radius 2 is 1.83 bits per heavy atom. The Morgan fingerprint density at radius 3 is 2.64 bits per heavy atom. The molecule has 0 saturated heterocycles. The first-order valence-electron chi connectivity index (χ1n) is 12.1. The van der Waals surface area contributed by atoms with Gasteiger partial charge in [-0.05, 0) is 84.0 Å². The summed E-state index contributed by atoms with van der Waals surface area (Å²) < 4.78 is 7.23. The van der Waals surface area contributed by atoms with Crippen molar-refractivity contribution in [2.24, 2.45) is 0 Å². The first kappa shape index (κ1) is 23.7. The molecule has 0 radical (unpaired) electrons. The minimum Gasteiger partial charge on any atom is -0.467 e. The minimum atomic E-state index is -0.0643. The van der Waals surface area contributed by atoms with Gasteiger partial charge in [-0.15, -0.1) is 5.10 Å². The van der Waals surface area contributed by atoms with Gasteiger partial charge in [0.15, 0.2) is 5.82 Å². The van der Waals surface area contributed by atoms with Crippen LogP contribution in [0.15, 0.2) is 70.1 Å². The summed E-state index contributed by atoms with van der Waals surface area (Å²) in [5.41, 5.74) is 6.34. The van der Waals surface area contributed by atoms with Gasteiger partial charge in [-0.1, -0.05) is 35.9 Å². The van der Waals surface area contributed by atoms with Gasteiger partial charge in [0.2, 0.25) is 0 Å². The van der Waals surface area contributed by atoms with Crippen LogP contribution in [0.2, 0.25) is 0 Å². The SMILES string of the molecule is Cc1cc(C)c2[nH]c(=O)c(CN(CCc3ccccc3C)Cc3nnnn3Cc3ccco3)cc2c1. The van der Waals surface area contributed by atoms with E-state index < -0.39 is 0 Å². The second-order valence-corrected chi connectivity index (χ2v) is 9.39. The second kappa shape index (κ2) is 10.3. The van der Waals surface area contributed by atoms with Crippen molar-refractivity contribution < 1.29 is 4.42 Å². The third kappa shape index (κ3) is 5.28. The molecule has 0 spiro atoms. The van der Waals surface area contributed by atoms with Crippen LogP contribution in [0, 0.1) is 20.8 Å². The highest BCUT2D eigenvalue weighted by atomic mass is 16.3. The molecule has 0 unspecified atom stereocenters.